The van der Waals surface area contributed by atoms with Gasteiger partial charge in [-0.15, -0.1) is 11.3 Å². The number of rotatable bonds is 4. The summed E-state index contributed by atoms with van der Waals surface area (Å²) in [5.74, 6) is 2.52. The largest absolute Gasteiger partial charge is 0.493 e. The molecular formula is C16H11ClN2O4S. The Bertz CT molecular complexity index is 905. The number of thiophene rings is 1. The van der Waals surface area contributed by atoms with E-state index in [-0.39, 0.29) is 12.7 Å². The van der Waals surface area contributed by atoms with Crippen molar-refractivity contribution in [2.24, 2.45) is 0 Å². The highest BCUT2D eigenvalue weighted by molar-refractivity contribution is 7.13. The molecule has 0 N–H and O–H groups in total. The molecule has 3 heterocycles. The number of methoxy groups -OCH3 is 1. The number of aromatic nitrogens is 2. The van der Waals surface area contributed by atoms with Crippen LogP contribution in [-0.4, -0.2) is 24.0 Å². The average molecular weight is 363 g/mol. The van der Waals surface area contributed by atoms with Crippen molar-refractivity contribution in [3.63, 3.8) is 0 Å². The molecule has 0 amide bonds. The molecule has 3 aromatic rings. The predicted molar refractivity (Wildman–Crippen MR) is 90.5 cm³/mol. The van der Waals surface area contributed by atoms with Crippen LogP contribution in [0, 0.1) is 0 Å². The summed E-state index contributed by atoms with van der Waals surface area (Å²) in [6.45, 7) is 0.167. The molecule has 0 saturated carbocycles. The summed E-state index contributed by atoms with van der Waals surface area (Å²) in [6.07, 6.45) is 1.71. The van der Waals surface area contributed by atoms with Crippen molar-refractivity contribution in [3.8, 4) is 28.0 Å². The lowest BCUT2D eigenvalue weighted by molar-refractivity contribution is 0.171. The Balaban J connectivity index is 1.66. The predicted octanol–water partition coefficient (Wildman–Crippen LogP) is 4.27. The Kier molecular flexibility index (Phi) is 3.87. The molecule has 6 nitrogen and oxygen atoms in total. The highest BCUT2D eigenvalue weighted by Gasteiger charge is 2.20. The molecule has 1 aliphatic rings. The van der Waals surface area contributed by atoms with Gasteiger partial charge in [-0.05, 0) is 35.2 Å². The van der Waals surface area contributed by atoms with Crippen molar-refractivity contribution < 1.29 is 18.7 Å². The minimum absolute atomic E-state index is 0.167. The van der Waals surface area contributed by atoms with Gasteiger partial charge < -0.3 is 18.7 Å². The molecule has 0 radical (unpaired) electrons. The molecule has 1 aliphatic heterocycles. The highest BCUT2D eigenvalue weighted by Crippen LogP contribution is 2.42. The Morgan fingerprint density at radius 1 is 1.38 bits per heavy atom. The number of ether oxygens (including phenoxy) is 3. The van der Waals surface area contributed by atoms with E-state index < -0.39 is 0 Å². The van der Waals surface area contributed by atoms with Crippen LogP contribution in [0.1, 0.15) is 11.5 Å². The fourth-order valence-corrected chi connectivity index (χ4v) is 3.12. The summed E-state index contributed by atoms with van der Waals surface area (Å²) >= 11 is 7.85. The zero-order valence-electron chi connectivity index (χ0n) is 12.5. The quantitative estimate of drug-likeness (QED) is 0.690. The van der Waals surface area contributed by atoms with Gasteiger partial charge in [0, 0.05) is 0 Å². The van der Waals surface area contributed by atoms with Crippen molar-refractivity contribution in [1.29, 1.82) is 0 Å². The van der Waals surface area contributed by atoms with Crippen LogP contribution in [0.25, 0.3) is 21.8 Å². The molecular weight excluding hydrogens is 352 g/mol. The molecule has 2 aromatic heterocycles. The maximum absolute atomic E-state index is 6.32. The minimum atomic E-state index is 0.167. The van der Waals surface area contributed by atoms with Gasteiger partial charge in [-0.3, -0.25) is 0 Å². The Hall–Kier alpha value is -2.51. The summed E-state index contributed by atoms with van der Waals surface area (Å²) in [7, 11) is 1.57. The van der Waals surface area contributed by atoms with Crippen LogP contribution in [0.5, 0.6) is 17.2 Å². The molecule has 0 unspecified atom stereocenters. The lowest BCUT2D eigenvalue weighted by Crippen LogP contribution is -1.93. The SMILES string of the molecule is COc1cc(/C=C(\Cl)c2nc(-c3cccs3)no2)cc2c1OCO2. The zero-order valence-corrected chi connectivity index (χ0v) is 14.1. The first-order chi connectivity index (χ1) is 11.7. The monoisotopic (exact) mass is 362 g/mol. The van der Waals surface area contributed by atoms with Crippen LogP contribution >= 0.6 is 22.9 Å². The maximum Gasteiger partial charge on any atom is 0.269 e. The van der Waals surface area contributed by atoms with Gasteiger partial charge in [0.25, 0.3) is 5.89 Å². The third-order valence-electron chi connectivity index (χ3n) is 3.35. The van der Waals surface area contributed by atoms with Crippen LogP contribution in [0.4, 0.5) is 0 Å². The first kappa shape index (κ1) is 15.0. The van der Waals surface area contributed by atoms with Crippen LogP contribution in [-0.2, 0) is 0 Å². The molecule has 0 spiro atoms. The standard InChI is InChI=1S/C16H11ClN2O4S/c1-20-11-6-9(7-12-14(11)22-8-21-12)5-10(17)16-18-15(19-23-16)13-3-2-4-24-13/h2-7H,8H2,1H3/b10-5-. The van der Waals surface area contributed by atoms with Crippen LogP contribution in [0.3, 0.4) is 0 Å². The maximum atomic E-state index is 6.32. The van der Waals surface area contributed by atoms with Gasteiger partial charge in [0.15, 0.2) is 11.5 Å². The minimum Gasteiger partial charge on any atom is -0.493 e. The number of benzene rings is 1. The molecule has 0 atom stereocenters. The van der Waals surface area contributed by atoms with Gasteiger partial charge in [0.1, 0.15) is 5.03 Å². The van der Waals surface area contributed by atoms with E-state index in [1.807, 2.05) is 23.6 Å². The van der Waals surface area contributed by atoms with E-state index in [1.165, 1.54) is 11.3 Å². The van der Waals surface area contributed by atoms with Gasteiger partial charge in [-0.25, -0.2) is 0 Å². The summed E-state index contributed by atoms with van der Waals surface area (Å²) < 4.78 is 21.3. The third kappa shape index (κ3) is 2.72. The molecule has 0 aliphatic carbocycles. The molecule has 8 heteroatoms. The molecule has 4 rings (SSSR count). The van der Waals surface area contributed by atoms with Gasteiger partial charge >= 0.3 is 0 Å². The van der Waals surface area contributed by atoms with E-state index in [9.17, 15) is 0 Å². The second-order valence-electron chi connectivity index (χ2n) is 4.85. The number of fused-ring (bicyclic) bond motifs is 1. The lowest BCUT2D eigenvalue weighted by Gasteiger charge is -2.05. The van der Waals surface area contributed by atoms with Crippen molar-refractivity contribution in [3.05, 3.63) is 41.1 Å². The van der Waals surface area contributed by atoms with Crippen molar-refractivity contribution >= 4 is 34.0 Å². The number of hydrogen-bond donors (Lipinski definition) is 0. The Morgan fingerprint density at radius 3 is 3.08 bits per heavy atom. The van der Waals surface area contributed by atoms with Gasteiger partial charge in [0.2, 0.25) is 18.4 Å². The average Bonchev–Trinajstić information content (AvgIpc) is 3.32. The van der Waals surface area contributed by atoms with Crippen LogP contribution < -0.4 is 14.2 Å². The van der Waals surface area contributed by atoms with Crippen molar-refractivity contribution in [1.82, 2.24) is 10.1 Å². The van der Waals surface area contributed by atoms with Gasteiger partial charge in [-0.2, -0.15) is 4.98 Å². The lowest BCUT2D eigenvalue weighted by atomic mass is 10.1. The second kappa shape index (κ2) is 6.18. The first-order valence-corrected chi connectivity index (χ1v) is 8.23. The number of hydrogen-bond acceptors (Lipinski definition) is 7. The van der Waals surface area contributed by atoms with Gasteiger partial charge in [-0.1, -0.05) is 22.8 Å². The highest BCUT2D eigenvalue weighted by atomic mass is 35.5. The van der Waals surface area contributed by atoms with E-state index >= 15 is 0 Å². The normalized spacial score (nSPS) is 13.3. The zero-order chi connectivity index (χ0) is 16.5. The van der Waals surface area contributed by atoms with Crippen LogP contribution in [0.2, 0.25) is 0 Å². The third-order valence-corrected chi connectivity index (χ3v) is 4.48. The Morgan fingerprint density at radius 2 is 2.29 bits per heavy atom. The fraction of sp³-hybridized carbons (Fsp3) is 0.125. The first-order valence-electron chi connectivity index (χ1n) is 6.97. The molecule has 0 bridgehead atoms. The molecule has 122 valence electrons. The molecule has 24 heavy (non-hydrogen) atoms. The summed E-state index contributed by atoms with van der Waals surface area (Å²) in [5.41, 5.74) is 0.775. The van der Waals surface area contributed by atoms with E-state index in [0.717, 1.165) is 10.4 Å². The topological polar surface area (TPSA) is 66.6 Å². The fourth-order valence-electron chi connectivity index (χ4n) is 2.27. The van der Waals surface area contributed by atoms with E-state index in [4.69, 9.17) is 30.3 Å². The molecule has 0 fully saturated rings. The second-order valence-corrected chi connectivity index (χ2v) is 6.20. The van der Waals surface area contributed by atoms with E-state index in [1.54, 1.807) is 19.3 Å². The smallest absolute Gasteiger partial charge is 0.269 e. The molecule has 0 saturated heterocycles. The van der Waals surface area contributed by atoms with Crippen molar-refractivity contribution in [2.45, 2.75) is 0 Å². The number of nitrogens with zero attached hydrogens (tertiary/aromatic N) is 2. The summed E-state index contributed by atoms with van der Waals surface area (Å²) in [6, 6.07) is 7.45. The van der Waals surface area contributed by atoms with E-state index in [0.29, 0.717) is 28.1 Å². The van der Waals surface area contributed by atoms with Crippen LogP contribution in [0.15, 0.2) is 34.2 Å². The molecule has 1 aromatic carbocycles. The van der Waals surface area contributed by atoms with E-state index in [2.05, 4.69) is 10.1 Å². The summed E-state index contributed by atoms with van der Waals surface area (Å²) in [4.78, 5) is 5.23. The Labute approximate surface area is 146 Å². The van der Waals surface area contributed by atoms with Crippen molar-refractivity contribution in [2.75, 3.05) is 13.9 Å². The summed E-state index contributed by atoms with van der Waals surface area (Å²) in [5, 5.41) is 6.21. The van der Waals surface area contributed by atoms with Gasteiger partial charge in [0.05, 0.1) is 12.0 Å². The number of halogens is 1.